The number of ketones is 1. The van der Waals surface area contributed by atoms with Crippen LogP contribution in [0.25, 0.3) is 27.8 Å². The second-order valence-corrected chi connectivity index (χ2v) is 6.99. The van der Waals surface area contributed by atoms with Crippen molar-refractivity contribution in [2.24, 2.45) is 0 Å². The van der Waals surface area contributed by atoms with Gasteiger partial charge in [0.15, 0.2) is 5.78 Å². The number of aromatic hydroxyl groups is 2. The SMILES string of the molecule is CC(=O)c1cccc(-c2cc(-n3c(=O)[nH]c4cc(C(F)(F)F)ccc43)c(O)cc2O)c1. The number of fused-ring (bicyclic) bond motifs is 1. The largest absolute Gasteiger partial charge is 0.507 e. The molecule has 0 aliphatic rings. The predicted octanol–water partition coefficient (Wildman–Crippen LogP) is 4.62. The van der Waals surface area contributed by atoms with Gasteiger partial charge in [0, 0.05) is 17.2 Å². The van der Waals surface area contributed by atoms with Gasteiger partial charge in [-0.25, -0.2) is 4.79 Å². The first-order chi connectivity index (χ1) is 14.6. The summed E-state index contributed by atoms with van der Waals surface area (Å²) < 4.78 is 40.0. The third kappa shape index (κ3) is 3.54. The predicted molar refractivity (Wildman–Crippen MR) is 108 cm³/mol. The van der Waals surface area contributed by atoms with Crippen molar-refractivity contribution < 1.29 is 28.2 Å². The zero-order valence-corrected chi connectivity index (χ0v) is 16.0. The first kappa shape index (κ1) is 20.3. The smallest absolute Gasteiger partial charge is 0.416 e. The van der Waals surface area contributed by atoms with E-state index in [1.165, 1.54) is 13.0 Å². The number of hydrogen-bond donors (Lipinski definition) is 3. The van der Waals surface area contributed by atoms with Gasteiger partial charge in [-0.15, -0.1) is 0 Å². The Labute approximate surface area is 172 Å². The molecule has 0 saturated heterocycles. The maximum atomic E-state index is 13.0. The van der Waals surface area contributed by atoms with Crippen LogP contribution >= 0.6 is 0 Å². The third-order valence-corrected chi connectivity index (χ3v) is 4.92. The molecule has 0 amide bonds. The molecule has 3 aromatic carbocycles. The van der Waals surface area contributed by atoms with E-state index < -0.39 is 23.2 Å². The van der Waals surface area contributed by atoms with Crippen molar-refractivity contribution in [3.05, 3.63) is 76.2 Å². The number of nitrogens with zero attached hydrogens (tertiary/aromatic N) is 1. The number of phenolic OH excluding ortho intramolecular Hbond substituents is 2. The van der Waals surface area contributed by atoms with Crippen LogP contribution in [0.2, 0.25) is 0 Å². The summed E-state index contributed by atoms with van der Waals surface area (Å²) >= 11 is 0. The van der Waals surface area contributed by atoms with Crippen LogP contribution in [0.4, 0.5) is 13.2 Å². The van der Waals surface area contributed by atoms with Crippen LogP contribution < -0.4 is 5.69 Å². The maximum Gasteiger partial charge on any atom is 0.416 e. The summed E-state index contributed by atoms with van der Waals surface area (Å²) in [6.45, 7) is 1.39. The van der Waals surface area contributed by atoms with E-state index in [0.717, 1.165) is 28.8 Å². The number of aromatic nitrogens is 2. The number of imidazole rings is 1. The van der Waals surface area contributed by atoms with Gasteiger partial charge in [-0.2, -0.15) is 13.2 Å². The number of phenols is 2. The Morgan fingerprint density at radius 2 is 1.74 bits per heavy atom. The van der Waals surface area contributed by atoms with E-state index in [4.69, 9.17) is 0 Å². The van der Waals surface area contributed by atoms with E-state index in [1.807, 2.05) is 0 Å². The molecule has 0 spiro atoms. The summed E-state index contributed by atoms with van der Waals surface area (Å²) in [5, 5.41) is 20.7. The van der Waals surface area contributed by atoms with Gasteiger partial charge in [-0.1, -0.05) is 18.2 Å². The number of Topliss-reactive ketones (excluding diaryl/α,β-unsaturated/α-hetero) is 1. The Morgan fingerprint density at radius 3 is 2.42 bits per heavy atom. The molecular weight excluding hydrogens is 413 g/mol. The lowest BCUT2D eigenvalue weighted by Crippen LogP contribution is -2.14. The fourth-order valence-electron chi connectivity index (χ4n) is 3.41. The molecule has 0 unspecified atom stereocenters. The molecule has 0 aliphatic carbocycles. The monoisotopic (exact) mass is 428 g/mol. The highest BCUT2D eigenvalue weighted by Gasteiger charge is 2.31. The lowest BCUT2D eigenvalue weighted by molar-refractivity contribution is -0.137. The minimum atomic E-state index is -4.58. The van der Waals surface area contributed by atoms with Gasteiger partial charge in [0.05, 0.1) is 22.3 Å². The standard InChI is InChI=1S/C22H15F3N2O4/c1-11(28)12-3-2-4-13(7-12)15-9-18(20(30)10-19(15)29)27-17-6-5-14(22(23,24)25)8-16(17)26-21(27)31/h2-10,29-30H,1H3,(H,26,31). The number of carbonyl (C=O) groups excluding carboxylic acids is 1. The van der Waals surface area contributed by atoms with Crippen LogP contribution in [-0.2, 0) is 6.18 Å². The second-order valence-electron chi connectivity index (χ2n) is 6.99. The van der Waals surface area contributed by atoms with Crippen LogP contribution in [0.5, 0.6) is 11.5 Å². The minimum Gasteiger partial charge on any atom is -0.507 e. The average molecular weight is 428 g/mol. The molecule has 4 rings (SSSR count). The van der Waals surface area contributed by atoms with Crippen molar-refractivity contribution in [3.8, 4) is 28.3 Å². The normalized spacial score (nSPS) is 11.7. The molecule has 9 heteroatoms. The molecule has 4 aromatic rings. The Balaban J connectivity index is 1.94. The molecule has 0 fully saturated rings. The molecular formula is C22H15F3N2O4. The number of carbonyl (C=O) groups is 1. The van der Waals surface area contributed by atoms with E-state index in [-0.39, 0.29) is 33.8 Å². The van der Waals surface area contributed by atoms with Gasteiger partial charge in [0.2, 0.25) is 0 Å². The van der Waals surface area contributed by atoms with Gasteiger partial charge in [-0.05, 0) is 42.8 Å². The van der Waals surface area contributed by atoms with E-state index in [0.29, 0.717) is 11.1 Å². The molecule has 1 heterocycles. The van der Waals surface area contributed by atoms with Crippen molar-refractivity contribution in [1.82, 2.24) is 9.55 Å². The topological polar surface area (TPSA) is 95.3 Å². The van der Waals surface area contributed by atoms with Crippen molar-refractivity contribution in [3.63, 3.8) is 0 Å². The van der Waals surface area contributed by atoms with E-state index in [9.17, 15) is 33.0 Å². The van der Waals surface area contributed by atoms with Gasteiger partial charge < -0.3 is 15.2 Å². The molecule has 0 aliphatic heterocycles. The summed E-state index contributed by atoms with van der Waals surface area (Å²) in [5.74, 6) is -0.935. The van der Waals surface area contributed by atoms with Gasteiger partial charge in [-0.3, -0.25) is 9.36 Å². The van der Waals surface area contributed by atoms with Gasteiger partial charge in [0.1, 0.15) is 11.5 Å². The molecule has 1 aromatic heterocycles. The highest BCUT2D eigenvalue weighted by Crippen LogP contribution is 2.38. The summed E-state index contributed by atoms with van der Waals surface area (Å²) in [7, 11) is 0. The molecule has 158 valence electrons. The number of aromatic amines is 1. The van der Waals surface area contributed by atoms with E-state index >= 15 is 0 Å². The van der Waals surface area contributed by atoms with E-state index in [1.54, 1.807) is 24.3 Å². The highest BCUT2D eigenvalue weighted by molar-refractivity contribution is 5.95. The zero-order valence-electron chi connectivity index (χ0n) is 16.0. The van der Waals surface area contributed by atoms with Crippen molar-refractivity contribution in [1.29, 1.82) is 0 Å². The Hall–Kier alpha value is -4.01. The first-order valence-electron chi connectivity index (χ1n) is 9.06. The zero-order chi connectivity index (χ0) is 22.5. The fraction of sp³-hybridized carbons (Fsp3) is 0.0909. The minimum absolute atomic E-state index is 0.0444. The van der Waals surface area contributed by atoms with Gasteiger partial charge in [0.25, 0.3) is 0 Å². The number of hydrogen-bond acceptors (Lipinski definition) is 4. The van der Waals surface area contributed by atoms with Crippen LogP contribution in [0.15, 0.2) is 59.4 Å². The molecule has 0 saturated carbocycles. The Bertz CT molecular complexity index is 1400. The molecule has 0 bridgehead atoms. The van der Waals surface area contributed by atoms with Crippen molar-refractivity contribution in [2.75, 3.05) is 0 Å². The number of benzene rings is 3. The molecule has 0 atom stereocenters. The molecule has 0 radical (unpaired) electrons. The number of nitrogens with one attached hydrogen (secondary N) is 1. The molecule has 6 nitrogen and oxygen atoms in total. The van der Waals surface area contributed by atoms with Crippen LogP contribution in [0, 0.1) is 0 Å². The van der Waals surface area contributed by atoms with Crippen LogP contribution in [0.1, 0.15) is 22.8 Å². The van der Waals surface area contributed by atoms with Gasteiger partial charge >= 0.3 is 11.9 Å². The lowest BCUT2D eigenvalue weighted by Gasteiger charge is -2.12. The number of alkyl halides is 3. The third-order valence-electron chi connectivity index (χ3n) is 4.92. The highest BCUT2D eigenvalue weighted by atomic mass is 19.4. The summed E-state index contributed by atoms with van der Waals surface area (Å²) in [5.41, 5.74) is -0.603. The summed E-state index contributed by atoms with van der Waals surface area (Å²) in [6, 6.07) is 11.5. The van der Waals surface area contributed by atoms with Crippen molar-refractivity contribution in [2.45, 2.75) is 13.1 Å². The molecule has 3 N–H and O–H groups in total. The van der Waals surface area contributed by atoms with Crippen LogP contribution in [-0.4, -0.2) is 25.5 Å². The number of halogens is 3. The quantitative estimate of drug-likeness (QED) is 0.415. The van der Waals surface area contributed by atoms with Crippen LogP contribution in [0.3, 0.4) is 0 Å². The number of rotatable bonds is 3. The number of H-pyrrole nitrogens is 1. The van der Waals surface area contributed by atoms with Crippen molar-refractivity contribution >= 4 is 16.8 Å². The first-order valence-corrected chi connectivity index (χ1v) is 9.06. The Kier molecular flexibility index (Phi) is 4.61. The maximum absolute atomic E-state index is 13.0. The Morgan fingerprint density at radius 1 is 1.00 bits per heavy atom. The van der Waals surface area contributed by atoms with E-state index in [2.05, 4.69) is 4.98 Å². The summed E-state index contributed by atoms with van der Waals surface area (Å²) in [4.78, 5) is 26.6. The average Bonchev–Trinajstić information content (AvgIpc) is 3.02. The lowest BCUT2D eigenvalue weighted by atomic mass is 10.00. The summed E-state index contributed by atoms with van der Waals surface area (Å²) in [6.07, 6.45) is -4.58. The second kappa shape index (κ2) is 7.05. The molecule has 31 heavy (non-hydrogen) atoms. The fourth-order valence-corrected chi connectivity index (χ4v) is 3.41.